The van der Waals surface area contributed by atoms with E-state index in [1.807, 2.05) is 0 Å². The molecule has 0 radical (unpaired) electrons. The van der Waals surface area contributed by atoms with Gasteiger partial charge in [-0.05, 0) is 97.9 Å². The van der Waals surface area contributed by atoms with Crippen LogP contribution in [0.25, 0.3) is 23.3 Å². The Morgan fingerprint density at radius 3 is 1.12 bits per heavy atom. The van der Waals surface area contributed by atoms with Crippen molar-refractivity contribution in [3.05, 3.63) is 215 Å². The van der Waals surface area contributed by atoms with Crippen LogP contribution < -0.4 is 0 Å². The van der Waals surface area contributed by atoms with E-state index in [4.69, 9.17) is 0 Å². The molecule has 0 aliphatic carbocycles. The highest BCUT2D eigenvalue weighted by atomic mass is 32.2. The highest BCUT2D eigenvalue weighted by molar-refractivity contribution is 7.98. The standard InChI is InChI=1S/C48H48S2/c1-37(11-9-13-41-23-33-47(49-5)34-24-41)17-27-43(45-29-19-39(3)20-30-45)15-7-8-16-44(46-31-21-40(4)22-32-46)28-18-38(2)12-10-14-42-25-35-48(50-6)36-26-42/h7-36H,1-6H3/b8-7+,13-9+,14-10+,27-17+,28-18+,37-11+,38-12+,43-15-,44-16-. The molecule has 0 aliphatic heterocycles. The number of rotatable bonds is 14. The second kappa shape index (κ2) is 20.7. The first kappa shape index (κ1) is 38.0. The molecular weight excluding hydrogens is 641 g/mol. The Hall–Kier alpha value is -4.76. The Morgan fingerprint density at radius 2 is 0.780 bits per heavy atom. The van der Waals surface area contributed by atoms with Crippen molar-refractivity contribution in [2.45, 2.75) is 37.5 Å². The lowest BCUT2D eigenvalue weighted by atomic mass is 10.0. The van der Waals surface area contributed by atoms with E-state index in [0.717, 1.165) is 11.1 Å². The molecule has 0 fully saturated rings. The van der Waals surface area contributed by atoms with E-state index >= 15 is 0 Å². The third-order valence-corrected chi connectivity index (χ3v) is 9.50. The molecule has 252 valence electrons. The molecule has 0 atom stereocenters. The molecule has 0 aliphatic rings. The van der Waals surface area contributed by atoms with Crippen molar-refractivity contribution < 1.29 is 0 Å². The Labute approximate surface area is 309 Å². The lowest BCUT2D eigenvalue weighted by Crippen LogP contribution is -1.83. The molecule has 0 saturated heterocycles. The van der Waals surface area contributed by atoms with Gasteiger partial charge in [-0.1, -0.05) is 180 Å². The van der Waals surface area contributed by atoms with Gasteiger partial charge in [0.1, 0.15) is 0 Å². The van der Waals surface area contributed by atoms with E-state index in [2.05, 4.69) is 222 Å². The molecule has 0 N–H and O–H groups in total. The molecule has 0 bridgehead atoms. The van der Waals surface area contributed by atoms with E-state index in [9.17, 15) is 0 Å². The van der Waals surface area contributed by atoms with E-state index in [1.54, 1.807) is 23.5 Å². The Morgan fingerprint density at radius 1 is 0.420 bits per heavy atom. The van der Waals surface area contributed by atoms with Crippen LogP contribution in [0.3, 0.4) is 0 Å². The maximum atomic E-state index is 2.20. The van der Waals surface area contributed by atoms with Gasteiger partial charge in [-0.25, -0.2) is 0 Å². The van der Waals surface area contributed by atoms with Gasteiger partial charge in [0.15, 0.2) is 0 Å². The van der Waals surface area contributed by atoms with Gasteiger partial charge in [-0.15, -0.1) is 23.5 Å². The van der Waals surface area contributed by atoms with Gasteiger partial charge in [-0.3, -0.25) is 0 Å². The highest BCUT2D eigenvalue weighted by Gasteiger charge is 1.99. The fourth-order valence-electron chi connectivity index (χ4n) is 4.91. The molecular formula is C48H48S2. The average Bonchev–Trinajstić information content (AvgIpc) is 3.14. The molecule has 0 saturated carbocycles. The van der Waals surface area contributed by atoms with Gasteiger partial charge in [0.25, 0.3) is 0 Å². The van der Waals surface area contributed by atoms with Gasteiger partial charge < -0.3 is 0 Å². The van der Waals surface area contributed by atoms with Gasteiger partial charge in [0.05, 0.1) is 0 Å². The summed E-state index contributed by atoms with van der Waals surface area (Å²) in [7, 11) is 0. The maximum absolute atomic E-state index is 2.20. The molecule has 4 aromatic carbocycles. The summed E-state index contributed by atoms with van der Waals surface area (Å²) >= 11 is 3.52. The number of hydrogen-bond donors (Lipinski definition) is 0. The summed E-state index contributed by atoms with van der Waals surface area (Å²) < 4.78 is 0. The van der Waals surface area contributed by atoms with Crippen molar-refractivity contribution in [3.8, 4) is 0 Å². The molecule has 0 amide bonds. The van der Waals surface area contributed by atoms with Crippen LogP contribution >= 0.6 is 23.5 Å². The molecule has 0 heterocycles. The minimum atomic E-state index is 1.15. The second-order valence-electron chi connectivity index (χ2n) is 12.1. The first-order chi connectivity index (χ1) is 24.3. The summed E-state index contributed by atoms with van der Waals surface area (Å²) in [4.78, 5) is 2.55. The Balaban J connectivity index is 1.54. The van der Waals surface area contributed by atoms with Crippen molar-refractivity contribution in [2.24, 2.45) is 0 Å². The summed E-state index contributed by atoms with van der Waals surface area (Å²) in [5, 5.41) is 0. The predicted octanol–water partition coefficient (Wildman–Crippen LogP) is 14.2. The van der Waals surface area contributed by atoms with Crippen molar-refractivity contribution in [2.75, 3.05) is 12.5 Å². The molecule has 0 unspecified atom stereocenters. The third kappa shape index (κ3) is 13.3. The summed E-state index contributed by atoms with van der Waals surface area (Å²) in [6, 6.07) is 34.7. The minimum absolute atomic E-state index is 1.15. The number of benzene rings is 4. The van der Waals surface area contributed by atoms with Gasteiger partial charge in [0, 0.05) is 9.79 Å². The fourth-order valence-corrected chi connectivity index (χ4v) is 5.73. The predicted molar refractivity (Wildman–Crippen MR) is 228 cm³/mol. The SMILES string of the molecule is CSc1ccc(/C=C/C=C(C)/C=C/C(=C/C=C/C=C(/C=C/C(C)=C/C=C/c2ccc(SC)cc2)c2ccc(C)cc2)c2ccc(C)cc2)cc1. The van der Waals surface area contributed by atoms with Crippen LogP contribution in [0.2, 0.25) is 0 Å². The van der Waals surface area contributed by atoms with E-state index in [1.165, 1.54) is 54.3 Å². The van der Waals surface area contributed by atoms with Crippen molar-refractivity contribution in [1.82, 2.24) is 0 Å². The van der Waals surface area contributed by atoms with Crippen molar-refractivity contribution in [1.29, 1.82) is 0 Å². The topological polar surface area (TPSA) is 0 Å². The monoisotopic (exact) mass is 688 g/mol. The molecule has 50 heavy (non-hydrogen) atoms. The molecule has 0 aromatic heterocycles. The molecule has 4 aromatic rings. The Kier molecular flexibility index (Phi) is 15.7. The summed E-state index contributed by atoms with van der Waals surface area (Å²) in [6.45, 7) is 8.52. The second-order valence-corrected chi connectivity index (χ2v) is 13.9. The summed E-state index contributed by atoms with van der Waals surface area (Å²) in [5.41, 5.74) is 11.9. The zero-order valence-electron chi connectivity index (χ0n) is 30.1. The summed E-state index contributed by atoms with van der Waals surface area (Å²) in [6.07, 6.45) is 34.4. The van der Waals surface area contributed by atoms with Crippen molar-refractivity contribution in [3.63, 3.8) is 0 Å². The van der Waals surface area contributed by atoms with Gasteiger partial charge >= 0.3 is 0 Å². The van der Waals surface area contributed by atoms with Crippen LogP contribution in [0.15, 0.2) is 191 Å². The minimum Gasteiger partial charge on any atom is -0.130 e. The van der Waals surface area contributed by atoms with Crippen molar-refractivity contribution >= 4 is 46.8 Å². The van der Waals surface area contributed by atoms with Gasteiger partial charge in [-0.2, -0.15) is 0 Å². The average molecular weight is 689 g/mol. The first-order valence-electron chi connectivity index (χ1n) is 16.9. The zero-order chi connectivity index (χ0) is 35.6. The molecule has 0 nitrogen and oxygen atoms in total. The highest BCUT2D eigenvalue weighted by Crippen LogP contribution is 2.21. The van der Waals surface area contributed by atoms with E-state index < -0.39 is 0 Å². The van der Waals surface area contributed by atoms with Gasteiger partial charge in [0.2, 0.25) is 0 Å². The van der Waals surface area contributed by atoms with Crippen LogP contribution in [-0.4, -0.2) is 12.5 Å². The first-order valence-corrected chi connectivity index (χ1v) is 19.3. The molecule has 4 rings (SSSR count). The number of thioether (sulfide) groups is 2. The van der Waals surface area contributed by atoms with Crippen LogP contribution in [0.4, 0.5) is 0 Å². The molecule has 0 spiro atoms. The summed E-state index contributed by atoms with van der Waals surface area (Å²) in [5.74, 6) is 0. The number of aryl methyl sites for hydroxylation is 2. The van der Waals surface area contributed by atoms with E-state index in [-0.39, 0.29) is 0 Å². The molecule has 2 heteroatoms. The van der Waals surface area contributed by atoms with Crippen LogP contribution in [0.5, 0.6) is 0 Å². The van der Waals surface area contributed by atoms with Crippen LogP contribution in [0, 0.1) is 13.8 Å². The largest absolute Gasteiger partial charge is 0.130 e. The maximum Gasteiger partial charge on any atom is 0.00695 e. The quantitative estimate of drug-likeness (QED) is 0.0955. The van der Waals surface area contributed by atoms with E-state index in [0.29, 0.717) is 0 Å². The van der Waals surface area contributed by atoms with Crippen LogP contribution in [0.1, 0.15) is 47.2 Å². The lowest BCUT2D eigenvalue weighted by molar-refractivity contribution is 1.45. The normalized spacial score (nSPS) is 13.6. The smallest absolute Gasteiger partial charge is 0.00695 e. The fraction of sp³-hybridized carbons (Fsp3) is 0.125. The number of allylic oxidation sites excluding steroid dienone is 16. The number of hydrogen-bond acceptors (Lipinski definition) is 2. The zero-order valence-corrected chi connectivity index (χ0v) is 31.8. The third-order valence-electron chi connectivity index (χ3n) is 8.01. The lowest BCUT2D eigenvalue weighted by Gasteiger charge is -2.04. The Bertz CT molecular complexity index is 1790. The van der Waals surface area contributed by atoms with Crippen LogP contribution in [-0.2, 0) is 0 Å².